The number of nitrogens with two attached hydrogens (primary N) is 1. The third kappa shape index (κ3) is 5.62. The number of aliphatic hydroxyl groups is 2. The van der Waals surface area contributed by atoms with Gasteiger partial charge in [-0.1, -0.05) is 38.8 Å². The number of rotatable bonds is 9. The number of fused-ring (bicyclic) bond motifs is 2. The summed E-state index contributed by atoms with van der Waals surface area (Å²) in [5.41, 5.74) is 8.33. The number of hydrogen-bond acceptors (Lipinski definition) is 9. The van der Waals surface area contributed by atoms with Crippen molar-refractivity contribution in [3.8, 4) is 0 Å². The molecule has 1 amide bonds. The van der Waals surface area contributed by atoms with Crippen LogP contribution in [0.5, 0.6) is 0 Å². The van der Waals surface area contributed by atoms with Crippen LogP contribution in [0.2, 0.25) is 0 Å². The first kappa shape index (κ1) is 27.1. The Labute approximate surface area is 228 Å². The molecular weight excluding hydrogens is 496 g/mol. The molecule has 39 heavy (non-hydrogen) atoms. The second-order valence-electron chi connectivity index (χ2n) is 11.1. The van der Waals surface area contributed by atoms with E-state index >= 15 is 0 Å². The maximum atomic E-state index is 12.1. The number of pyridine rings is 1. The zero-order chi connectivity index (χ0) is 27.6. The maximum Gasteiger partial charge on any atom is 0.412 e. The molecule has 3 aromatic rings. The number of benzene rings is 1. The van der Waals surface area contributed by atoms with E-state index in [1.807, 2.05) is 25.1 Å². The summed E-state index contributed by atoms with van der Waals surface area (Å²) in [5.74, 6) is 1.68. The Morgan fingerprint density at radius 2 is 2.05 bits per heavy atom. The van der Waals surface area contributed by atoms with Gasteiger partial charge in [0.1, 0.15) is 29.9 Å². The van der Waals surface area contributed by atoms with Crippen molar-refractivity contribution in [2.75, 3.05) is 29.1 Å². The number of amides is 1. The third-order valence-corrected chi connectivity index (χ3v) is 8.29. The molecule has 1 fully saturated rings. The summed E-state index contributed by atoms with van der Waals surface area (Å²) in [6.45, 7) is 5.23. The molecule has 0 bridgehead atoms. The van der Waals surface area contributed by atoms with Crippen molar-refractivity contribution in [1.29, 1.82) is 0 Å². The summed E-state index contributed by atoms with van der Waals surface area (Å²) in [5, 5.41) is 25.8. The molecule has 0 unspecified atom stereocenters. The van der Waals surface area contributed by atoms with Gasteiger partial charge in [0.25, 0.3) is 0 Å². The van der Waals surface area contributed by atoms with E-state index in [9.17, 15) is 15.0 Å². The number of aliphatic hydroxyl groups excluding tert-OH is 2. The Morgan fingerprint density at radius 3 is 2.87 bits per heavy atom. The number of nitrogens with one attached hydrogen (secondary N) is 1. The predicted molar refractivity (Wildman–Crippen MR) is 151 cm³/mol. The third-order valence-electron chi connectivity index (χ3n) is 8.29. The van der Waals surface area contributed by atoms with E-state index in [1.54, 1.807) is 6.07 Å². The van der Waals surface area contributed by atoms with Crippen LogP contribution in [0, 0.1) is 5.41 Å². The lowest BCUT2D eigenvalue weighted by Crippen LogP contribution is -2.43. The largest absolute Gasteiger partial charge is 0.449 e. The second kappa shape index (κ2) is 11.3. The van der Waals surface area contributed by atoms with Crippen LogP contribution >= 0.6 is 0 Å². The molecule has 10 nitrogen and oxygen atoms in total. The summed E-state index contributed by atoms with van der Waals surface area (Å²) in [7, 11) is 0. The molecule has 4 atom stereocenters. The number of anilines is 3. The molecule has 208 valence electrons. The number of aromatic nitrogens is 3. The van der Waals surface area contributed by atoms with Crippen LogP contribution in [0.3, 0.4) is 0 Å². The fourth-order valence-corrected chi connectivity index (χ4v) is 5.93. The number of nitrogen functional groups attached to an aromatic ring is 1. The zero-order valence-electron chi connectivity index (χ0n) is 22.6. The minimum atomic E-state index is -0.884. The predicted octanol–water partition coefficient (Wildman–Crippen LogP) is 3.84. The van der Waals surface area contributed by atoms with Gasteiger partial charge in [0, 0.05) is 17.5 Å². The van der Waals surface area contributed by atoms with Gasteiger partial charge < -0.3 is 25.6 Å². The van der Waals surface area contributed by atoms with Crippen molar-refractivity contribution in [3.05, 3.63) is 47.8 Å². The van der Waals surface area contributed by atoms with Crippen LogP contribution in [-0.2, 0) is 17.6 Å². The number of hydrogen-bond donors (Lipinski definition) is 4. The maximum absolute atomic E-state index is 12.1. The van der Waals surface area contributed by atoms with E-state index in [2.05, 4.69) is 38.2 Å². The number of aryl methyl sites for hydroxylation is 1. The number of carbonyl (C=O) groups excluding carboxylic acids is 1. The summed E-state index contributed by atoms with van der Waals surface area (Å²) < 4.78 is 5.23. The second-order valence-corrected chi connectivity index (χ2v) is 11.1. The van der Waals surface area contributed by atoms with Crippen LogP contribution in [0.4, 0.5) is 22.2 Å². The van der Waals surface area contributed by atoms with E-state index in [-0.39, 0.29) is 6.04 Å². The molecule has 0 saturated heterocycles. The van der Waals surface area contributed by atoms with E-state index in [0.29, 0.717) is 44.0 Å². The molecule has 2 aromatic heterocycles. The van der Waals surface area contributed by atoms with Crippen molar-refractivity contribution in [1.82, 2.24) is 15.0 Å². The Kier molecular flexibility index (Phi) is 7.86. The highest BCUT2D eigenvalue weighted by Gasteiger charge is 2.52. The van der Waals surface area contributed by atoms with Crippen LogP contribution in [0.15, 0.2) is 36.7 Å². The highest BCUT2D eigenvalue weighted by Crippen LogP contribution is 2.46. The van der Waals surface area contributed by atoms with Crippen LogP contribution < -0.4 is 16.0 Å². The quantitative estimate of drug-likeness (QED) is 0.301. The molecule has 10 heteroatoms. The Bertz CT molecular complexity index is 1340. The van der Waals surface area contributed by atoms with E-state index in [1.165, 1.54) is 6.33 Å². The number of unbranched alkanes of at least 4 members (excludes halogenated alkanes) is 2. The topological polar surface area (TPSA) is 147 Å². The minimum Gasteiger partial charge on any atom is -0.449 e. The van der Waals surface area contributed by atoms with Gasteiger partial charge in [-0.15, -0.1) is 0 Å². The molecule has 5 N–H and O–H groups in total. The molecule has 1 aliphatic carbocycles. The van der Waals surface area contributed by atoms with Gasteiger partial charge in [-0.2, -0.15) is 0 Å². The van der Waals surface area contributed by atoms with Gasteiger partial charge in [-0.3, -0.25) is 5.32 Å². The van der Waals surface area contributed by atoms with Gasteiger partial charge in [0.05, 0.1) is 24.3 Å². The summed E-state index contributed by atoms with van der Waals surface area (Å²) >= 11 is 0. The molecule has 3 heterocycles. The molecule has 1 aliphatic heterocycles. The fourth-order valence-electron chi connectivity index (χ4n) is 5.93. The first-order chi connectivity index (χ1) is 18.8. The zero-order valence-corrected chi connectivity index (χ0v) is 22.6. The lowest BCUT2D eigenvalue weighted by molar-refractivity contribution is -0.0201. The first-order valence-electron chi connectivity index (χ1n) is 13.8. The Balaban J connectivity index is 1.24. The fraction of sp³-hybridized carbons (Fsp3) is 0.517. The van der Waals surface area contributed by atoms with Crippen molar-refractivity contribution >= 4 is 34.4 Å². The summed E-state index contributed by atoms with van der Waals surface area (Å²) in [6, 6.07) is 9.54. The Morgan fingerprint density at radius 1 is 1.23 bits per heavy atom. The van der Waals surface area contributed by atoms with Crippen molar-refractivity contribution in [2.24, 2.45) is 5.41 Å². The average Bonchev–Trinajstić information content (AvgIpc) is 3.46. The molecular formula is C29H38N6O4. The number of ether oxygens (including phenoxy) is 1. The number of carbonyl (C=O) groups is 1. The van der Waals surface area contributed by atoms with E-state index in [4.69, 9.17) is 10.5 Å². The SMILES string of the molecule is CCCCCOC(=O)Nc1ccc2ccc(CC[C@@]3(C)C[C@@H](N4CCc5c(N)ncnc54)[C@H](O)[C@@H]3O)cc2n1. The Hall–Kier alpha value is -3.50. The minimum absolute atomic E-state index is 0.241. The van der Waals surface area contributed by atoms with E-state index < -0.39 is 23.7 Å². The van der Waals surface area contributed by atoms with Crippen molar-refractivity contribution < 1.29 is 19.7 Å². The first-order valence-corrected chi connectivity index (χ1v) is 13.8. The summed E-state index contributed by atoms with van der Waals surface area (Å²) in [6.07, 6.45) is 4.93. The van der Waals surface area contributed by atoms with E-state index in [0.717, 1.165) is 53.5 Å². The molecule has 1 aromatic carbocycles. The summed E-state index contributed by atoms with van der Waals surface area (Å²) in [4.78, 5) is 27.3. The van der Waals surface area contributed by atoms with Crippen molar-refractivity contribution in [2.45, 2.75) is 77.0 Å². The normalized spacial score (nSPS) is 24.2. The van der Waals surface area contributed by atoms with Gasteiger partial charge in [0.15, 0.2) is 0 Å². The van der Waals surface area contributed by atoms with Crippen LogP contribution in [-0.4, -0.2) is 62.7 Å². The molecule has 5 rings (SSSR count). The molecule has 0 spiro atoms. The molecule has 0 radical (unpaired) electrons. The lowest BCUT2D eigenvalue weighted by atomic mass is 9.80. The standard InChI is InChI=1S/C29H38N6O4/c1-3-4-5-14-39-28(38)34-23-9-8-19-7-6-18(15-21(19)33-23)10-12-29(2)16-22(24(36)25(29)37)35-13-11-20-26(30)31-17-32-27(20)35/h6-9,15,17,22,24-25,36-37H,3-5,10-14,16H2,1-2H3,(H2,30,31,32)(H,33,34,38)/t22-,24+,25+,29+/m1/s1. The number of nitrogens with zero attached hydrogens (tertiary/aromatic N) is 4. The van der Waals surface area contributed by atoms with Gasteiger partial charge >= 0.3 is 6.09 Å². The van der Waals surface area contributed by atoms with Gasteiger partial charge in [-0.05, 0) is 61.3 Å². The molecule has 2 aliphatic rings. The average molecular weight is 535 g/mol. The van der Waals surface area contributed by atoms with Gasteiger partial charge in [-0.25, -0.2) is 19.7 Å². The lowest BCUT2D eigenvalue weighted by Gasteiger charge is -2.29. The van der Waals surface area contributed by atoms with Crippen LogP contribution in [0.1, 0.15) is 57.1 Å². The highest BCUT2D eigenvalue weighted by molar-refractivity contribution is 5.87. The molecule has 1 saturated carbocycles. The highest BCUT2D eigenvalue weighted by atomic mass is 16.5. The van der Waals surface area contributed by atoms with Crippen molar-refractivity contribution in [3.63, 3.8) is 0 Å². The van der Waals surface area contributed by atoms with Crippen LogP contribution in [0.25, 0.3) is 10.9 Å². The monoisotopic (exact) mass is 534 g/mol. The smallest absolute Gasteiger partial charge is 0.412 e. The van der Waals surface area contributed by atoms with Gasteiger partial charge in [0.2, 0.25) is 0 Å².